The molecule has 1 unspecified atom stereocenters. The lowest BCUT2D eigenvalue weighted by Gasteiger charge is -2.29. The molecule has 4 heterocycles. The van der Waals surface area contributed by atoms with Crippen molar-refractivity contribution in [3.8, 4) is 0 Å². The Morgan fingerprint density at radius 2 is 1.88 bits per heavy atom. The van der Waals surface area contributed by atoms with E-state index in [2.05, 4.69) is 48.0 Å². The van der Waals surface area contributed by atoms with Crippen molar-refractivity contribution < 1.29 is 4.42 Å². The third-order valence-electron chi connectivity index (χ3n) is 6.70. The van der Waals surface area contributed by atoms with Gasteiger partial charge in [0.15, 0.2) is 5.89 Å². The molecule has 1 saturated heterocycles. The maximum Gasteiger partial charge on any atom is 0.196 e. The molecule has 0 saturated carbocycles. The molecular weight excluding hydrogens is 444 g/mol. The molecule has 7 nitrogen and oxygen atoms in total. The van der Waals surface area contributed by atoms with Gasteiger partial charge in [0.25, 0.3) is 0 Å². The smallest absolute Gasteiger partial charge is 0.196 e. The maximum absolute atomic E-state index is 9.02. The molecular formula is C26H30N6OS. The van der Waals surface area contributed by atoms with Gasteiger partial charge in [-0.25, -0.2) is 4.98 Å². The summed E-state index contributed by atoms with van der Waals surface area (Å²) >= 11 is 1.62. The molecule has 3 aromatic rings. The number of aryl methyl sites for hydroxylation is 1. The van der Waals surface area contributed by atoms with Crippen molar-refractivity contribution in [2.75, 3.05) is 22.9 Å². The van der Waals surface area contributed by atoms with E-state index in [9.17, 15) is 0 Å². The molecule has 2 aliphatic rings. The molecule has 0 amide bonds. The summed E-state index contributed by atoms with van der Waals surface area (Å²) in [4.78, 5) is 14.8. The third-order valence-corrected chi connectivity index (χ3v) is 7.89. The molecule has 2 N–H and O–H groups in total. The van der Waals surface area contributed by atoms with Crippen LogP contribution < -0.4 is 9.80 Å². The zero-order valence-corrected chi connectivity index (χ0v) is 20.7. The summed E-state index contributed by atoms with van der Waals surface area (Å²) in [6.07, 6.45) is 7.33. The minimum atomic E-state index is -0.505. The number of piperidine rings is 1. The molecule has 5 rings (SSSR count). The summed E-state index contributed by atoms with van der Waals surface area (Å²) in [5.74, 6) is 1.12. The number of amidine groups is 2. The van der Waals surface area contributed by atoms with E-state index < -0.39 is 6.04 Å². The second-order valence-electron chi connectivity index (χ2n) is 8.99. The first kappa shape index (κ1) is 22.5. The first-order chi connectivity index (χ1) is 16.4. The van der Waals surface area contributed by atoms with Crippen molar-refractivity contribution in [3.63, 3.8) is 0 Å². The number of aliphatic imine (C=N–C) groups is 1. The predicted octanol–water partition coefficient (Wildman–Crippen LogP) is 5.59. The van der Waals surface area contributed by atoms with Crippen LogP contribution in [-0.2, 0) is 6.42 Å². The van der Waals surface area contributed by atoms with Crippen molar-refractivity contribution >= 4 is 39.4 Å². The molecule has 0 radical (unpaired) electrons. The molecule has 34 heavy (non-hydrogen) atoms. The average Bonchev–Trinajstić information content (AvgIpc) is 3.42. The Bertz CT molecular complexity index is 1240. The molecule has 0 spiro atoms. The second kappa shape index (κ2) is 9.18. The highest BCUT2D eigenvalue weighted by molar-refractivity contribution is 7.17. The van der Waals surface area contributed by atoms with E-state index in [1.807, 2.05) is 0 Å². The fraction of sp³-hybridized carbons (Fsp3) is 0.385. The van der Waals surface area contributed by atoms with Gasteiger partial charge in [-0.3, -0.25) is 20.7 Å². The van der Waals surface area contributed by atoms with Gasteiger partial charge in [-0.2, -0.15) is 0 Å². The second-order valence-corrected chi connectivity index (χ2v) is 10.2. The number of hydrogen-bond acceptors (Lipinski definition) is 7. The zero-order chi connectivity index (χ0) is 23.8. The number of nitrogens with zero attached hydrogens (tertiary/aromatic N) is 4. The van der Waals surface area contributed by atoms with Gasteiger partial charge in [0.1, 0.15) is 29.0 Å². The Morgan fingerprint density at radius 3 is 2.53 bits per heavy atom. The topological polar surface area (TPSA) is 92.6 Å². The molecule has 0 bridgehead atoms. The Morgan fingerprint density at radius 1 is 1.15 bits per heavy atom. The predicted molar refractivity (Wildman–Crippen MR) is 140 cm³/mol. The van der Waals surface area contributed by atoms with Gasteiger partial charge < -0.3 is 9.32 Å². The molecule has 1 fully saturated rings. The van der Waals surface area contributed by atoms with Gasteiger partial charge in [-0.15, -0.1) is 11.3 Å². The Hall–Kier alpha value is -3.26. The zero-order valence-electron chi connectivity index (χ0n) is 19.9. The lowest BCUT2D eigenvalue weighted by Crippen LogP contribution is -2.40. The summed E-state index contributed by atoms with van der Waals surface area (Å²) < 4.78 is 5.49. The van der Waals surface area contributed by atoms with Crippen molar-refractivity contribution in [1.29, 1.82) is 10.8 Å². The van der Waals surface area contributed by atoms with Crippen LogP contribution >= 0.6 is 11.3 Å². The largest absolute Gasteiger partial charge is 0.449 e. The SMILES string of the molecule is CC(=N)N1C(=N)C(Cc2ncco2)N=C(c2ccc(N3CCCCC3)cc2)c2c1sc(C)c2C. The number of oxazole rings is 1. The first-order valence-electron chi connectivity index (χ1n) is 11.8. The Kier molecular flexibility index (Phi) is 6.08. The first-order valence-corrected chi connectivity index (χ1v) is 12.6. The summed E-state index contributed by atoms with van der Waals surface area (Å²) in [5.41, 5.74) is 5.30. The van der Waals surface area contributed by atoms with E-state index in [0.29, 0.717) is 18.1 Å². The minimum Gasteiger partial charge on any atom is -0.449 e. The highest BCUT2D eigenvalue weighted by Gasteiger charge is 2.34. The molecule has 1 aromatic carbocycles. The van der Waals surface area contributed by atoms with Crippen molar-refractivity contribution in [2.45, 2.75) is 52.5 Å². The summed E-state index contributed by atoms with van der Waals surface area (Å²) in [6.45, 7) is 8.14. The summed E-state index contributed by atoms with van der Waals surface area (Å²) in [6, 6.07) is 8.18. The Balaban J connectivity index is 1.62. The van der Waals surface area contributed by atoms with Gasteiger partial charge in [-0.1, -0.05) is 12.1 Å². The van der Waals surface area contributed by atoms with E-state index in [1.165, 1.54) is 29.8 Å². The number of anilines is 2. The Labute approximate surface area is 204 Å². The molecule has 8 heteroatoms. The number of aromatic nitrogens is 1. The van der Waals surface area contributed by atoms with Gasteiger partial charge in [0, 0.05) is 34.8 Å². The number of fused-ring (bicyclic) bond motifs is 1. The van der Waals surface area contributed by atoms with Crippen LogP contribution in [-0.4, -0.2) is 41.5 Å². The molecule has 2 aliphatic heterocycles. The number of thiophene rings is 1. The minimum absolute atomic E-state index is 0.271. The molecule has 1 atom stereocenters. The number of benzene rings is 1. The van der Waals surface area contributed by atoms with Gasteiger partial charge >= 0.3 is 0 Å². The average molecular weight is 475 g/mol. The number of nitrogens with one attached hydrogen (secondary N) is 2. The van der Waals surface area contributed by atoms with Gasteiger partial charge in [-0.05, 0) is 57.7 Å². The quantitative estimate of drug-likeness (QED) is 0.381. The summed E-state index contributed by atoms with van der Waals surface area (Å²) in [5, 5.41) is 18.4. The standard InChI is InChI=1S/C26H30N6OS/c1-16-17(2)34-26-23(16)24(19-7-9-20(10-8-19)31-12-5-4-6-13-31)30-21(15-22-29-11-14-33-22)25(28)32(26)18(3)27/h7-11,14,21,27-28H,4-6,12-13,15H2,1-3H3. The fourth-order valence-electron chi connectivity index (χ4n) is 4.78. The van der Waals surface area contributed by atoms with Crippen LogP contribution in [0.25, 0.3) is 0 Å². The van der Waals surface area contributed by atoms with Gasteiger partial charge in [0.05, 0.1) is 18.3 Å². The number of hydrogen-bond donors (Lipinski definition) is 2. The van der Waals surface area contributed by atoms with Crippen LogP contribution in [0, 0.1) is 24.7 Å². The third kappa shape index (κ3) is 4.07. The highest BCUT2D eigenvalue weighted by Crippen LogP contribution is 2.40. The molecule has 176 valence electrons. The van der Waals surface area contributed by atoms with E-state index in [1.54, 1.807) is 35.6 Å². The van der Waals surface area contributed by atoms with E-state index >= 15 is 0 Å². The van der Waals surface area contributed by atoms with E-state index in [4.69, 9.17) is 20.2 Å². The maximum atomic E-state index is 9.02. The van der Waals surface area contributed by atoms with Gasteiger partial charge in [0.2, 0.25) is 0 Å². The van der Waals surface area contributed by atoms with Crippen molar-refractivity contribution in [3.05, 3.63) is 64.2 Å². The lowest BCUT2D eigenvalue weighted by molar-refractivity contribution is 0.488. The monoisotopic (exact) mass is 474 g/mol. The van der Waals surface area contributed by atoms with Crippen LogP contribution in [0.5, 0.6) is 0 Å². The van der Waals surface area contributed by atoms with Crippen LogP contribution in [0.1, 0.15) is 53.6 Å². The van der Waals surface area contributed by atoms with Crippen LogP contribution in [0.15, 0.2) is 46.1 Å². The van der Waals surface area contributed by atoms with Crippen molar-refractivity contribution in [1.82, 2.24) is 4.98 Å². The van der Waals surface area contributed by atoms with Crippen molar-refractivity contribution in [2.24, 2.45) is 4.99 Å². The van der Waals surface area contributed by atoms with Crippen LogP contribution in [0.2, 0.25) is 0 Å². The highest BCUT2D eigenvalue weighted by atomic mass is 32.1. The van der Waals surface area contributed by atoms with E-state index in [0.717, 1.165) is 40.5 Å². The molecule has 0 aliphatic carbocycles. The van der Waals surface area contributed by atoms with E-state index in [-0.39, 0.29) is 5.84 Å². The summed E-state index contributed by atoms with van der Waals surface area (Å²) in [7, 11) is 0. The van der Waals surface area contributed by atoms with Crippen LogP contribution in [0.4, 0.5) is 10.7 Å². The normalized spacial score (nSPS) is 18.5. The fourth-order valence-corrected chi connectivity index (χ4v) is 6.00. The lowest BCUT2D eigenvalue weighted by atomic mass is 9.99. The number of rotatable bonds is 4. The molecule has 2 aromatic heterocycles. The van der Waals surface area contributed by atoms with Crippen LogP contribution in [0.3, 0.4) is 0 Å².